The molecule has 3 amide bonds. The minimum Gasteiger partial charge on any atom is -0.463 e. The number of halogens is 1. The van der Waals surface area contributed by atoms with Crippen LogP contribution in [0.15, 0.2) is 47.0 Å². The van der Waals surface area contributed by atoms with Gasteiger partial charge in [-0.1, -0.05) is 37.2 Å². The van der Waals surface area contributed by atoms with Gasteiger partial charge in [0.1, 0.15) is 11.6 Å². The van der Waals surface area contributed by atoms with Crippen LogP contribution in [0.3, 0.4) is 0 Å². The second kappa shape index (κ2) is 15.8. The van der Waals surface area contributed by atoms with Gasteiger partial charge in [-0.25, -0.2) is 9.18 Å². The number of amides is 3. The molecule has 1 unspecified atom stereocenters. The van der Waals surface area contributed by atoms with Gasteiger partial charge in [-0.15, -0.1) is 0 Å². The highest BCUT2D eigenvalue weighted by Crippen LogP contribution is 2.21. The fraction of sp³-hybridized carbons (Fsp3) is 0.484. The Labute approximate surface area is 250 Å². The smallest absolute Gasteiger partial charge is 0.330 e. The van der Waals surface area contributed by atoms with Crippen molar-refractivity contribution in [2.24, 2.45) is 17.8 Å². The van der Waals surface area contributed by atoms with Crippen molar-refractivity contribution in [3.05, 3.63) is 65.3 Å². The van der Waals surface area contributed by atoms with Gasteiger partial charge in [0, 0.05) is 43.0 Å². The summed E-state index contributed by atoms with van der Waals surface area (Å²) in [6, 6.07) is 5.45. The van der Waals surface area contributed by atoms with Crippen molar-refractivity contribution in [2.45, 2.75) is 65.5 Å². The van der Waals surface area contributed by atoms with Crippen LogP contribution in [0.25, 0.3) is 0 Å². The molecule has 0 saturated carbocycles. The Morgan fingerprint density at radius 1 is 1.19 bits per heavy atom. The van der Waals surface area contributed by atoms with E-state index in [1.807, 2.05) is 0 Å². The maximum atomic E-state index is 13.7. The van der Waals surface area contributed by atoms with E-state index in [1.54, 1.807) is 27.7 Å². The van der Waals surface area contributed by atoms with Crippen LogP contribution >= 0.6 is 0 Å². The minimum absolute atomic E-state index is 0.0312. The molecule has 1 fully saturated rings. The van der Waals surface area contributed by atoms with Gasteiger partial charge >= 0.3 is 5.97 Å². The number of esters is 1. The zero-order valence-electron chi connectivity index (χ0n) is 24.9. The molecule has 43 heavy (non-hydrogen) atoms. The maximum absolute atomic E-state index is 13.7. The molecule has 0 spiro atoms. The molecule has 1 aliphatic heterocycles. The third-order valence-corrected chi connectivity index (χ3v) is 7.15. The van der Waals surface area contributed by atoms with E-state index in [9.17, 15) is 28.4 Å². The molecule has 1 aromatic heterocycles. The summed E-state index contributed by atoms with van der Waals surface area (Å²) in [7, 11) is 0. The highest BCUT2D eigenvalue weighted by molar-refractivity contribution is 5.97. The van der Waals surface area contributed by atoms with Gasteiger partial charge in [0.15, 0.2) is 11.5 Å². The normalized spacial score (nSPS) is 16.9. The third-order valence-electron chi connectivity index (χ3n) is 7.15. The van der Waals surface area contributed by atoms with E-state index < -0.39 is 41.6 Å². The first-order valence-corrected chi connectivity index (χ1v) is 14.4. The lowest BCUT2D eigenvalue weighted by Gasteiger charge is -2.25. The standard InChI is InChI=1S/C31H39FN4O7/c1-5-42-27(38)11-10-24(16-21-12-13-33-29(21)39)34-30(40)22(15-20-6-8-23(32)9-7-20)17-26(37)28(18(2)3)35-31(41)25-14-19(4)43-36-25/h6-11,14,18,21-22,24,28H,5,12-13,15-17H2,1-4H3,(H,33,39)(H,34,40)(H,35,41)/b11-10+/t21?,22-,24+,28-/m0/s1. The Morgan fingerprint density at radius 2 is 1.91 bits per heavy atom. The van der Waals surface area contributed by atoms with Gasteiger partial charge in [-0.05, 0) is 56.7 Å². The monoisotopic (exact) mass is 598 g/mol. The number of nitrogens with one attached hydrogen (secondary N) is 3. The van der Waals surface area contributed by atoms with Crippen LogP contribution in [0.5, 0.6) is 0 Å². The van der Waals surface area contributed by atoms with Crippen LogP contribution in [-0.4, -0.2) is 59.9 Å². The van der Waals surface area contributed by atoms with Crippen molar-refractivity contribution >= 4 is 29.5 Å². The molecular weight excluding hydrogens is 559 g/mol. The SMILES string of the molecule is CCOC(=O)/C=C/[C@H](CC1CCNC1=O)NC(=O)[C@H](CC(=O)[C@@H](NC(=O)c1cc(C)on1)C(C)C)Cc1ccc(F)cc1. The first-order chi connectivity index (χ1) is 20.5. The maximum Gasteiger partial charge on any atom is 0.330 e. The van der Waals surface area contributed by atoms with Gasteiger partial charge in [-0.2, -0.15) is 0 Å². The van der Waals surface area contributed by atoms with Gasteiger partial charge < -0.3 is 25.2 Å². The van der Waals surface area contributed by atoms with E-state index in [-0.39, 0.29) is 55.1 Å². The molecule has 3 rings (SSSR count). The average molecular weight is 599 g/mol. The number of benzene rings is 1. The minimum atomic E-state index is -0.922. The fourth-order valence-corrected chi connectivity index (χ4v) is 4.89. The molecule has 1 aromatic carbocycles. The summed E-state index contributed by atoms with van der Waals surface area (Å²) in [6.07, 6.45) is 3.38. The van der Waals surface area contributed by atoms with Gasteiger partial charge in [0.25, 0.3) is 5.91 Å². The van der Waals surface area contributed by atoms with Crippen molar-refractivity contribution in [3.8, 4) is 0 Å². The lowest BCUT2D eigenvalue weighted by molar-refractivity contribution is -0.137. The van der Waals surface area contributed by atoms with E-state index in [1.165, 1.54) is 42.5 Å². The van der Waals surface area contributed by atoms with Crippen LogP contribution in [0.4, 0.5) is 4.39 Å². The highest BCUT2D eigenvalue weighted by Gasteiger charge is 2.32. The molecule has 11 nitrogen and oxygen atoms in total. The molecule has 3 N–H and O–H groups in total. The molecule has 4 atom stereocenters. The molecule has 1 aliphatic rings. The molecule has 12 heteroatoms. The van der Waals surface area contributed by atoms with Crippen LogP contribution in [0.1, 0.15) is 61.8 Å². The topological polar surface area (TPSA) is 157 Å². The van der Waals surface area contributed by atoms with E-state index >= 15 is 0 Å². The van der Waals surface area contributed by atoms with Crippen molar-refractivity contribution < 1.29 is 37.6 Å². The number of aromatic nitrogens is 1. The Kier molecular flexibility index (Phi) is 12.2. The van der Waals surface area contributed by atoms with E-state index in [0.29, 0.717) is 24.3 Å². The number of carbonyl (C=O) groups is 5. The molecule has 0 aliphatic carbocycles. The number of ether oxygens (including phenoxy) is 1. The van der Waals surface area contributed by atoms with Crippen molar-refractivity contribution in [2.75, 3.05) is 13.2 Å². The zero-order valence-corrected chi connectivity index (χ0v) is 24.9. The average Bonchev–Trinajstić information content (AvgIpc) is 3.58. The van der Waals surface area contributed by atoms with Gasteiger partial charge in [-0.3, -0.25) is 19.2 Å². The largest absolute Gasteiger partial charge is 0.463 e. The van der Waals surface area contributed by atoms with E-state index in [4.69, 9.17) is 9.26 Å². The fourth-order valence-electron chi connectivity index (χ4n) is 4.89. The lowest BCUT2D eigenvalue weighted by atomic mass is 9.87. The Bertz CT molecular complexity index is 1320. The highest BCUT2D eigenvalue weighted by atomic mass is 19.1. The molecule has 1 saturated heterocycles. The van der Waals surface area contributed by atoms with E-state index in [2.05, 4.69) is 21.1 Å². The Hall–Kier alpha value is -4.35. The quantitative estimate of drug-likeness (QED) is 0.209. The molecule has 0 radical (unpaired) electrons. The number of hydrogen-bond donors (Lipinski definition) is 3. The van der Waals surface area contributed by atoms with Crippen LogP contribution < -0.4 is 16.0 Å². The summed E-state index contributed by atoms with van der Waals surface area (Å²) < 4.78 is 23.5. The van der Waals surface area contributed by atoms with Gasteiger partial charge in [0.05, 0.1) is 12.6 Å². The second-order valence-corrected chi connectivity index (χ2v) is 11.0. The number of nitrogens with zero attached hydrogens (tertiary/aromatic N) is 1. The number of Topliss-reactive ketones (excluding diaryl/α,β-unsaturated/α-hetero) is 1. The number of ketones is 1. The number of aryl methyl sites for hydroxylation is 1. The summed E-state index contributed by atoms with van der Waals surface area (Å²) in [6.45, 7) is 7.55. The predicted octanol–water partition coefficient (Wildman–Crippen LogP) is 2.82. The molecular formula is C31H39FN4O7. The number of carbonyl (C=O) groups excluding carboxylic acids is 5. The lowest BCUT2D eigenvalue weighted by Crippen LogP contribution is -2.47. The third kappa shape index (κ3) is 10.2. The summed E-state index contributed by atoms with van der Waals surface area (Å²) in [5.41, 5.74) is 0.662. The van der Waals surface area contributed by atoms with Crippen LogP contribution in [0, 0.1) is 30.5 Å². The molecule has 232 valence electrons. The first kappa shape index (κ1) is 33.2. The zero-order chi connectivity index (χ0) is 31.5. The number of hydrogen-bond acceptors (Lipinski definition) is 8. The second-order valence-electron chi connectivity index (χ2n) is 11.0. The summed E-state index contributed by atoms with van der Waals surface area (Å²) in [5.74, 6) is -3.75. The molecule has 2 heterocycles. The molecule has 2 aromatic rings. The molecule has 0 bridgehead atoms. The summed E-state index contributed by atoms with van der Waals surface area (Å²) in [4.78, 5) is 64.3. The van der Waals surface area contributed by atoms with Crippen LogP contribution in [-0.2, 0) is 30.3 Å². The Balaban J connectivity index is 1.82. The van der Waals surface area contributed by atoms with E-state index in [0.717, 1.165) is 0 Å². The van der Waals surface area contributed by atoms with Crippen molar-refractivity contribution in [1.29, 1.82) is 0 Å². The summed E-state index contributed by atoms with van der Waals surface area (Å²) >= 11 is 0. The van der Waals surface area contributed by atoms with Crippen molar-refractivity contribution in [3.63, 3.8) is 0 Å². The predicted molar refractivity (Wildman–Crippen MR) is 154 cm³/mol. The summed E-state index contributed by atoms with van der Waals surface area (Å²) in [5, 5.41) is 12.1. The van der Waals surface area contributed by atoms with Gasteiger partial charge in [0.2, 0.25) is 11.8 Å². The van der Waals surface area contributed by atoms with Crippen LogP contribution in [0.2, 0.25) is 0 Å². The first-order valence-electron chi connectivity index (χ1n) is 14.4. The Morgan fingerprint density at radius 3 is 2.49 bits per heavy atom. The van der Waals surface area contributed by atoms with Crippen molar-refractivity contribution in [1.82, 2.24) is 21.1 Å². The number of rotatable bonds is 15.